The topological polar surface area (TPSA) is 83.7 Å². The zero-order chi connectivity index (χ0) is 14.5. The molecule has 3 N–H and O–H groups in total. The second-order valence-electron chi connectivity index (χ2n) is 3.77. The molecule has 0 aliphatic rings. The first-order valence-corrected chi connectivity index (χ1v) is 6.04. The second-order valence-corrected chi connectivity index (χ2v) is 4.18. The summed E-state index contributed by atoms with van der Waals surface area (Å²) in [5.41, 5.74) is 0.328. The molecule has 1 aromatic heterocycles. The third kappa shape index (κ3) is 3.27. The highest BCUT2D eigenvalue weighted by atomic mass is 32.1. The Balaban J connectivity index is 2.03. The summed E-state index contributed by atoms with van der Waals surface area (Å²) in [7, 11) is 1.51. The van der Waals surface area contributed by atoms with Gasteiger partial charge in [-0.25, -0.2) is 0 Å². The van der Waals surface area contributed by atoms with E-state index in [-0.39, 0.29) is 16.6 Å². The summed E-state index contributed by atoms with van der Waals surface area (Å²) in [6.45, 7) is 0. The van der Waals surface area contributed by atoms with E-state index < -0.39 is 5.91 Å². The molecule has 7 heteroatoms. The standard InChI is InChI=1S/C13H12N2O4S/c1-18-8-4-5-10(16)9(7-8)14-13(20)15-12(17)11-3-2-6-19-11/h2-7,16H,1H3,(H2,14,15,17,20). The molecule has 0 radical (unpaired) electrons. The normalized spacial score (nSPS) is 9.85. The summed E-state index contributed by atoms with van der Waals surface area (Å²) < 4.78 is 9.97. The van der Waals surface area contributed by atoms with Crippen molar-refractivity contribution < 1.29 is 19.1 Å². The number of furan rings is 1. The van der Waals surface area contributed by atoms with Crippen LogP contribution in [0.1, 0.15) is 10.6 Å². The number of nitrogens with one attached hydrogen (secondary N) is 2. The number of carbonyl (C=O) groups is 1. The Hall–Kier alpha value is -2.54. The van der Waals surface area contributed by atoms with Gasteiger partial charge in [0.15, 0.2) is 10.9 Å². The average molecular weight is 292 g/mol. The number of hydrogen-bond donors (Lipinski definition) is 3. The molecule has 0 fully saturated rings. The molecule has 1 aromatic carbocycles. The number of thiocarbonyl (C=S) groups is 1. The molecule has 0 spiro atoms. The largest absolute Gasteiger partial charge is 0.506 e. The Morgan fingerprint density at radius 1 is 1.40 bits per heavy atom. The second kappa shape index (κ2) is 6.07. The minimum Gasteiger partial charge on any atom is -0.506 e. The van der Waals surface area contributed by atoms with Gasteiger partial charge >= 0.3 is 0 Å². The van der Waals surface area contributed by atoms with E-state index in [9.17, 15) is 9.90 Å². The van der Waals surface area contributed by atoms with E-state index in [0.717, 1.165) is 0 Å². The predicted molar refractivity (Wildman–Crippen MR) is 77.1 cm³/mol. The van der Waals surface area contributed by atoms with Gasteiger partial charge in [-0.1, -0.05) is 0 Å². The van der Waals surface area contributed by atoms with Crippen LogP contribution >= 0.6 is 12.2 Å². The zero-order valence-electron chi connectivity index (χ0n) is 10.5. The van der Waals surface area contributed by atoms with Crippen LogP contribution in [0.2, 0.25) is 0 Å². The summed E-state index contributed by atoms with van der Waals surface area (Å²) in [5, 5.41) is 14.9. The lowest BCUT2D eigenvalue weighted by Crippen LogP contribution is -2.33. The molecular formula is C13H12N2O4S. The first kappa shape index (κ1) is 13.9. The molecule has 1 heterocycles. The van der Waals surface area contributed by atoms with Gasteiger partial charge in [0, 0.05) is 6.07 Å². The summed E-state index contributed by atoms with van der Waals surface area (Å²) in [6, 6.07) is 7.73. The smallest absolute Gasteiger partial charge is 0.293 e. The van der Waals surface area contributed by atoms with Crippen LogP contribution in [0.25, 0.3) is 0 Å². The lowest BCUT2D eigenvalue weighted by Gasteiger charge is -2.11. The number of methoxy groups -OCH3 is 1. The van der Waals surface area contributed by atoms with Crippen molar-refractivity contribution in [3.8, 4) is 11.5 Å². The van der Waals surface area contributed by atoms with Crippen LogP contribution in [-0.2, 0) is 0 Å². The van der Waals surface area contributed by atoms with Gasteiger partial charge in [-0.15, -0.1) is 0 Å². The van der Waals surface area contributed by atoms with E-state index in [1.54, 1.807) is 18.2 Å². The van der Waals surface area contributed by atoms with E-state index >= 15 is 0 Å². The number of carbonyl (C=O) groups excluding carboxylic acids is 1. The predicted octanol–water partition coefficient (Wildman–Crippen LogP) is 2.12. The first-order chi connectivity index (χ1) is 9.60. The first-order valence-electron chi connectivity index (χ1n) is 5.63. The Kier molecular flexibility index (Phi) is 4.21. The number of amides is 1. The number of hydrogen-bond acceptors (Lipinski definition) is 5. The van der Waals surface area contributed by atoms with Gasteiger partial charge in [0.05, 0.1) is 19.1 Å². The van der Waals surface area contributed by atoms with Crippen molar-refractivity contribution in [2.45, 2.75) is 0 Å². The van der Waals surface area contributed by atoms with Crippen LogP contribution in [-0.4, -0.2) is 23.2 Å². The van der Waals surface area contributed by atoms with E-state index in [1.165, 1.54) is 25.5 Å². The SMILES string of the molecule is COc1ccc(O)c(NC(=S)NC(=O)c2ccco2)c1. The number of phenols is 1. The summed E-state index contributed by atoms with van der Waals surface area (Å²) >= 11 is 4.99. The van der Waals surface area contributed by atoms with E-state index in [0.29, 0.717) is 11.4 Å². The summed E-state index contributed by atoms with van der Waals surface area (Å²) in [5.74, 6) is 0.199. The fourth-order valence-electron chi connectivity index (χ4n) is 1.47. The van der Waals surface area contributed by atoms with Gasteiger partial charge in [-0.05, 0) is 36.5 Å². The van der Waals surface area contributed by atoms with Crippen LogP contribution in [0.5, 0.6) is 11.5 Å². The van der Waals surface area contributed by atoms with E-state index in [4.69, 9.17) is 21.4 Å². The minimum atomic E-state index is -0.477. The fourth-order valence-corrected chi connectivity index (χ4v) is 1.67. The van der Waals surface area contributed by atoms with E-state index in [2.05, 4.69) is 10.6 Å². The van der Waals surface area contributed by atoms with Crippen molar-refractivity contribution in [1.29, 1.82) is 0 Å². The lowest BCUT2D eigenvalue weighted by molar-refractivity contribution is 0.0950. The van der Waals surface area contributed by atoms with Crippen LogP contribution in [0.4, 0.5) is 5.69 Å². The van der Waals surface area contributed by atoms with Gasteiger partial charge in [-0.3, -0.25) is 10.1 Å². The third-order valence-corrected chi connectivity index (χ3v) is 2.63. The monoisotopic (exact) mass is 292 g/mol. The Morgan fingerprint density at radius 2 is 2.20 bits per heavy atom. The molecular weight excluding hydrogens is 280 g/mol. The van der Waals surface area contributed by atoms with Crippen molar-refractivity contribution in [3.63, 3.8) is 0 Å². The molecule has 104 valence electrons. The van der Waals surface area contributed by atoms with Gasteiger partial charge in [0.1, 0.15) is 11.5 Å². The van der Waals surface area contributed by atoms with Gasteiger partial charge in [0.2, 0.25) is 0 Å². The van der Waals surface area contributed by atoms with Gasteiger partial charge in [0.25, 0.3) is 5.91 Å². The number of benzene rings is 1. The zero-order valence-corrected chi connectivity index (χ0v) is 11.4. The highest BCUT2D eigenvalue weighted by Gasteiger charge is 2.11. The van der Waals surface area contributed by atoms with Crippen LogP contribution in [0.15, 0.2) is 41.0 Å². The molecule has 0 saturated heterocycles. The maximum absolute atomic E-state index is 11.7. The maximum Gasteiger partial charge on any atom is 0.293 e. The molecule has 0 aliphatic heterocycles. The van der Waals surface area contributed by atoms with Crippen LogP contribution in [0, 0.1) is 0 Å². The summed E-state index contributed by atoms with van der Waals surface area (Å²) in [6.07, 6.45) is 1.39. The van der Waals surface area contributed by atoms with Gasteiger partial charge in [-0.2, -0.15) is 0 Å². The Labute approximate surface area is 120 Å². The third-order valence-electron chi connectivity index (χ3n) is 2.42. The Bertz CT molecular complexity index is 625. The molecule has 2 rings (SSSR count). The molecule has 0 bridgehead atoms. The van der Waals surface area contributed by atoms with Crippen LogP contribution in [0.3, 0.4) is 0 Å². The highest BCUT2D eigenvalue weighted by Crippen LogP contribution is 2.27. The Morgan fingerprint density at radius 3 is 2.85 bits per heavy atom. The average Bonchev–Trinajstić information content (AvgIpc) is 2.95. The number of aromatic hydroxyl groups is 1. The molecule has 6 nitrogen and oxygen atoms in total. The summed E-state index contributed by atoms with van der Waals surface area (Å²) in [4.78, 5) is 11.7. The minimum absolute atomic E-state index is 0.0135. The fraction of sp³-hybridized carbons (Fsp3) is 0.0769. The molecule has 20 heavy (non-hydrogen) atoms. The number of rotatable bonds is 3. The van der Waals surface area contributed by atoms with E-state index in [1.807, 2.05) is 0 Å². The number of anilines is 1. The van der Waals surface area contributed by atoms with Crippen LogP contribution < -0.4 is 15.4 Å². The lowest BCUT2D eigenvalue weighted by atomic mass is 10.3. The molecule has 0 unspecified atom stereocenters. The van der Waals surface area contributed by atoms with Crippen molar-refractivity contribution >= 4 is 28.9 Å². The highest BCUT2D eigenvalue weighted by molar-refractivity contribution is 7.80. The molecule has 0 aliphatic carbocycles. The van der Waals surface area contributed by atoms with Crippen molar-refractivity contribution in [2.75, 3.05) is 12.4 Å². The van der Waals surface area contributed by atoms with Crippen molar-refractivity contribution in [3.05, 3.63) is 42.4 Å². The molecule has 0 atom stereocenters. The number of phenolic OH excluding ortho intramolecular Hbond substituents is 1. The number of ether oxygens (including phenoxy) is 1. The maximum atomic E-state index is 11.7. The van der Waals surface area contributed by atoms with Crippen molar-refractivity contribution in [2.24, 2.45) is 0 Å². The molecule has 1 amide bonds. The molecule has 2 aromatic rings. The van der Waals surface area contributed by atoms with Gasteiger partial charge < -0.3 is 19.6 Å². The molecule has 0 saturated carbocycles. The quantitative estimate of drug-likeness (QED) is 0.593. The van der Waals surface area contributed by atoms with Crippen molar-refractivity contribution in [1.82, 2.24) is 5.32 Å².